The third-order valence-electron chi connectivity index (χ3n) is 3.62. The Labute approximate surface area is 152 Å². The van der Waals surface area contributed by atoms with Gasteiger partial charge in [0.1, 0.15) is 12.4 Å². The molecule has 1 aromatic carbocycles. The van der Waals surface area contributed by atoms with Gasteiger partial charge in [-0.15, -0.1) is 0 Å². The van der Waals surface area contributed by atoms with Crippen molar-refractivity contribution >= 4 is 44.7 Å². The van der Waals surface area contributed by atoms with Crippen LogP contribution in [0, 0.1) is 5.82 Å². The summed E-state index contributed by atoms with van der Waals surface area (Å²) in [5.74, 6) is -1.93. The molecule has 0 spiro atoms. The summed E-state index contributed by atoms with van der Waals surface area (Å²) in [5, 5.41) is 2.87. The van der Waals surface area contributed by atoms with E-state index in [0.717, 1.165) is 10.3 Å². The van der Waals surface area contributed by atoms with E-state index in [-0.39, 0.29) is 10.7 Å². The number of carbonyl (C=O) groups excluding carboxylic acids is 3. The average molecular weight is 396 g/mol. The normalized spacial score (nSPS) is 23.0. The zero-order valence-corrected chi connectivity index (χ0v) is 14.8. The Morgan fingerprint density at radius 2 is 2.00 bits per heavy atom. The number of hydrogen-bond donors (Lipinski definition) is 1. The van der Waals surface area contributed by atoms with Gasteiger partial charge in [-0.25, -0.2) is 12.8 Å². The molecule has 1 atom stereocenters. The molecule has 1 unspecified atom stereocenters. The van der Waals surface area contributed by atoms with Crippen molar-refractivity contribution in [2.24, 2.45) is 0 Å². The highest BCUT2D eigenvalue weighted by atomic mass is 32.2. The fraction of sp³-hybridized carbons (Fsp3) is 0.188. The SMILES string of the molecule is O=C(CN1C(=O)SC(=Cc2ccc(F)cc2)C1=O)NC1C=CS(=O)(=O)C1. The summed E-state index contributed by atoms with van der Waals surface area (Å²) in [5.41, 5.74) is 0.544. The van der Waals surface area contributed by atoms with Crippen LogP contribution in [-0.4, -0.2) is 48.7 Å². The predicted molar refractivity (Wildman–Crippen MR) is 93.9 cm³/mol. The molecule has 7 nitrogen and oxygen atoms in total. The van der Waals surface area contributed by atoms with Gasteiger partial charge in [-0.2, -0.15) is 0 Å². The van der Waals surface area contributed by atoms with Crippen LogP contribution >= 0.6 is 11.8 Å². The predicted octanol–water partition coefficient (Wildman–Crippen LogP) is 1.29. The van der Waals surface area contributed by atoms with Crippen molar-refractivity contribution in [3.8, 4) is 0 Å². The van der Waals surface area contributed by atoms with E-state index in [2.05, 4.69) is 5.32 Å². The van der Waals surface area contributed by atoms with Crippen molar-refractivity contribution in [3.63, 3.8) is 0 Å². The van der Waals surface area contributed by atoms with E-state index in [0.29, 0.717) is 17.3 Å². The van der Waals surface area contributed by atoms with Crippen LogP contribution in [0.2, 0.25) is 0 Å². The van der Waals surface area contributed by atoms with Gasteiger partial charge in [0.15, 0.2) is 9.84 Å². The third-order valence-corrected chi connectivity index (χ3v) is 5.92. The van der Waals surface area contributed by atoms with Crippen LogP contribution in [0.25, 0.3) is 6.08 Å². The smallest absolute Gasteiger partial charge is 0.294 e. The van der Waals surface area contributed by atoms with E-state index in [9.17, 15) is 27.2 Å². The summed E-state index contributed by atoms with van der Waals surface area (Å²) < 4.78 is 35.6. The largest absolute Gasteiger partial charge is 0.347 e. The van der Waals surface area contributed by atoms with Gasteiger partial charge in [0, 0.05) is 5.41 Å². The van der Waals surface area contributed by atoms with Gasteiger partial charge in [0.25, 0.3) is 11.1 Å². The maximum atomic E-state index is 12.9. The summed E-state index contributed by atoms with van der Waals surface area (Å²) in [4.78, 5) is 37.2. The van der Waals surface area contributed by atoms with Crippen molar-refractivity contribution in [1.29, 1.82) is 0 Å². The standard InChI is InChI=1S/C16H13FN2O5S2/c17-11-3-1-10(2-4-11)7-13-15(21)19(16(22)25-13)8-14(20)18-12-5-6-26(23,24)9-12/h1-7,12H,8-9H2,(H,18,20). The lowest BCUT2D eigenvalue weighted by Crippen LogP contribution is -2.43. The molecule has 26 heavy (non-hydrogen) atoms. The molecule has 2 aliphatic rings. The first-order chi connectivity index (χ1) is 12.2. The van der Waals surface area contributed by atoms with Gasteiger partial charge in [0.05, 0.1) is 16.7 Å². The number of sulfone groups is 1. The first-order valence-electron chi connectivity index (χ1n) is 7.45. The lowest BCUT2D eigenvalue weighted by atomic mass is 10.2. The molecule has 1 saturated heterocycles. The number of amides is 3. The van der Waals surface area contributed by atoms with Crippen LogP contribution in [0.4, 0.5) is 9.18 Å². The molecule has 136 valence electrons. The van der Waals surface area contributed by atoms with E-state index in [4.69, 9.17) is 0 Å². The molecule has 2 heterocycles. The van der Waals surface area contributed by atoms with Crippen LogP contribution in [0.3, 0.4) is 0 Å². The minimum Gasteiger partial charge on any atom is -0.347 e. The fourth-order valence-corrected chi connectivity index (χ4v) is 4.48. The lowest BCUT2D eigenvalue weighted by Gasteiger charge is -2.14. The number of halogens is 1. The number of rotatable bonds is 4. The fourth-order valence-electron chi connectivity index (χ4n) is 2.41. The molecular formula is C16H13FN2O5S2. The number of thioether (sulfide) groups is 1. The Balaban J connectivity index is 1.64. The molecule has 0 radical (unpaired) electrons. The summed E-state index contributed by atoms with van der Waals surface area (Å²) >= 11 is 0.680. The molecule has 3 rings (SSSR count). The minimum atomic E-state index is -3.32. The summed E-state index contributed by atoms with van der Waals surface area (Å²) in [7, 11) is -3.32. The van der Waals surface area contributed by atoms with Crippen LogP contribution in [0.5, 0.6) is 0 Å². The second-order valence-corrected chi connectivity index (χ2v) is 8.58. The molecule has 0 aliphatic carbocycles. The van der Waals surface area contributed by atoms with Gasteiger partial charge in [-0.05, 0) is 41.6 Å². The zero-order chi connectivity index (χ0) is 18.9. The van der Waals surface area contributed by atoms with Crippen LogP contribution in [-0.2, 0) is 19.4 Å². The highest BCUT2D eigenvalue weighted by Crippen LogP contribution is 2.32. The maximum absolute atomic E-state index is 12.9. The second-order valence-electron chi connectivity index (χ2n) is 5.65. The van der Waals surface area contributed by atoms with Gasteiger partial charge < -0.3 is 5.32 Å². The summed E-state index contributed by atoms with van der Waals surface area (Å²) in [6.07, 6.45) is 2.78. The molecule has 1 aromatic rings. The van der Waals surface area contributed by atoms with E-state index >= 15 is 0 Å². The van der Waals surface area contributed by atoms with Crippen molar-refractivity contribution in [2.45, 2.75) is 6.04 Å². The number of nitrogens with one attached hydrogen (secondary N) is 1. The van der Waals surface area contributed by atoms with Crippen molar-refractivity contribution in [2.75, 3.05) is 12.3 Å². The molecule has 1 N–H and O–H groups in total. The zero-order valence-electron chi connectivity index (χ0n) is 13.2. The van der Waals surface area contributed by atoms with E-state index in [1.54, 1.807) is 0 Å². The maximum Gasteiger partial charge on any atom is 0.294 e. The number of nitrogens with zero attached hydrogens (tertiary/aromatic N) is 1. The monoisotopic (exact) mass is 396 g/mol. The molecule has 0 bridgehead atoms. The van der Waals surface area contributed by atoms with Crippen molar-refractivity contribution < 1.29 is 27.2 Å². The van der Waals surface area contributed by atoms with Gasteiger partial charge >= 0.3 is 0 Å². The first-order valence-corrected chi connectivity index (χ1v) is 9.98. The summed E-state index contributed by atoms with van der Waals surface area (Å²) in [6, 6.07) is 4.70. The molecule has 0 aromatic heterocycles. The number of hydrogen-bond acceptors (Lipinski definition) is 6. The Hall–Kier alpha value is -2.46. The average Bonchev–Trinajstić information content (AvgIpc) is 3.03. The van der Waals surface area contributed by atoms with Gasteiger partial charge in [-0.1, -0.05) is 12.1 Å². The Kier molecular flexibility index (Phi) is 4.97. The number of imide groups is 1. The number of benzene rings is 1. The van der Waals surface area contributed by atoms with Crippen molar-refractivity contribution in [3.05, 3.63) is 52.0 Å². The highest BCUT2D eigenvalue weighted by Gasteiger charge is 2.36. The molecule has 2 aliphatic heterocycles. The van der Waals surface area contributed by atoms with E-state index in [1.165, 1.54) is 36.4 Å². The third kappa shape index (κ3) is 4.20. The van der Waals surface area contributed by atoms with Crippen LogP contribution in [0.1, 0.15) is 5.56 Å². The molecule has 1 fully saturated rings. The molecular weight excluding hydrogens is 383 g/mol. The first kappa shape index (κ1) is 18.3. The van der Waals surface area contributed by atoms with Gasteiger partial charge in [0.2, 0.25) is 5.91 Å². The lowest BCUT2D eigenvalue weighted by molar-refractivity contribution is -0.129. The van der Waals surface area contributed by atoms with Gasteiger partial charge in [-0.3, -0.25) is 19.3 Å². The molecule has 10 heteroatoms. The molecule has 3 amide bonds. The van der Waals surface area contributed by atoms with Crippen LogP contribution < -0.4 is 5.32 Å². The Bertz CT molecular complexity index is 938. The van der Waals surface area contributed by atoms with Crippen LogP contribution in [0.15, 0.2) is 40.7 Å². The topological polar surface area (TPSA) is 101 Å². The molecule has 0 saturated carbocycles. The Morgan fingerprint density at radius 3 is 2.62 bits per heavy atom. The van der Waals surface area contributed by atoms with E-state index < -0.39 is 45.3 Å². The quantitative estimate of drug-likeness (QED) is 0.770. The number of carbonyl (C=O) groups is 3. The second kappa shape index (κ2) is 7.04. The Morgan fingerprint density at radius 1 is 1.31 bits per heavy atom. The minimum absolute atomic E-state index is 0.123. The van der Waals surface area contributed by atoms with Crippen molar-refractivity contribution in [1.82, 2.24) is 10.2 Å². The highest BCUT2D eigenvalue weighted by molar-refractivity contribution is 8.18. The van der Waals surface area contributed by atoms with E-state index in [1.807, 2.05) is 0 Å². The summed E-state index contributed by atoms with van der Waals surface area (Å²) in [6.45, 7) is -0.504.